The lowest BCUT2D eigenvalue weighted by atomic mass is 9.94. The highest BCUT2D eigenvalue weighted by Gasteiger charge is 2.40. The van der Waals surface area contributed by atoms with Crippen LogP contribution in [0.1, 0.15) is 32.6 Å². The van der Waals surface area contributed by atoms with Crippen molar-refractivity contribution >= 4 is 0 Å². The second-order valence-corrected chi connectivity index (χ2v) is 6.42. The maximum atomic E-state index is 9.92. The molecule has 2 aliphatic rings. The van der Waals surface area contributed by atoms with Crippen LogP contribution in [0.5, 0.6) is 0 Å². The van der Waals surface area contributed by atoms with E-state index in [2.05, 4.69) is 0 Å². The second kappa shape index (κ2) is 8.53. The lowest BCUT2D eigenvalue weighted by molar-refractivity contribution is -0.215. The Kier molecular flexibility index (Phi) is 6.97. The maximum absolute atomic E-state index is 9.92. The van der Waals surface area contributed by atoms with E-state index in [1.54, 1.807) is 6.92 Å². The molecule has 2 fully saturated rings. The van der Waals surface area contributed by atoms with E-state index in [1.807, 2.05) is 12.2 Å². The van der Waals surface area contributed by atoms with Crippen molar-refractivity contribution in [2.24, 2.45) is 0 Å². The number of aliphatic hydroxyl groups excluding tert-OH is 5. The Labute approximate surface area is 136 Å². The number of hydrogen-bond donors (Lipinski definition) is 5. The van der Waals surface area contributed by atoms with Gasteiger partial charge in [0.05, 0.1) is 31.0 Å². The number of hydrogen-bond acceptors (Lipinski definition) is 7. The van der Waals surface area contributed by atoms with E-state index in [4.69, 9.17) is 14.6 Å². The van der Waals surface area contributed by atoms with Crippen LogP contribution in [-0.2, 0) is 9.47 Å². The minimum absolute atomic E-state index is 0.0460. The average molecular weight is 332 g/mol. The molecule has 134 valence electrons. The van der Waals surface area contributed by atoms with Crippen molar-refractivity contribution in [3.05, 3.63) is 12.2 Å². The van der Waals surface area contributed by atoms with Gasteiger partial charge in [0.25, 0.3) is 0 Å². The van der Waals surface area contributed by atoms with E-state index < -0.39 is 42.7 Å². The molecule has 0 spiro atoms. The van der Waals surface area contributed by atoms with Gasteiger partial charge in [0, 0.05) is 0 Å². The third-order valence-corrected chi connectivity index (χ3v) is 4.65. The van der Waals surface area contributed by atoms with Crippen LogP contribution < -0.4 is 0 Å². The second-order valence-electron chi connectivity index (χ2n) is 6.42. The van der Waals surface area contributed by atoms with Crippen LogP contribution in [0.4, 0.5) is 0 Å². The SMILES string of the molecule is C[C@@H]1O[C@@H](C/C=C\C[C@H]2CC[C@H](O)[C@@H](CO)O2)[C@@H](O)[C@H](O)[C@@H]1O. The van der Waals surface area contributed by atoms with Crippen LogP contribution in [-0.4, -0.2) is 81.0 Å². The molecular formula is C16H28O7. The summed E-state index contributed by atoms with van der Waals surface area (Å²) in [4.78, 5) is 0. The van der Waals surface area contributed by atoms with Crippen LogP contribution in [0.15, 0.2) is 12.2 Å². The monoisotopic (exact) mass is 332 g/mol. The molecule has 23 heavy (non-hydrogen) atoms. The molecule has 7 nitrogen and oxygen atoms in total. The average Bonchev–Trinajstić information content (AvgIpc) is 2.55. The van der Waals surface area contributed by atoms with Gasteiger partial charge in [-0.25, -0.2) is 0 Å². The highest BCUT2D eigenvalue weighted by molar-refractivity contribution is 4.96. The Bertz CT molecular complexity index is 389. The molecule has 0 bridgehead atoms. The molecule has 7 heteroatoms. The van der Waals surface area contributed by atoms with Crippen LogP contribution in [0.3, 0.4) is 0 Å². The zero-order valence-corrected chi connectivity index (χ0v) is 13.4. The molecule has 0 aromatic heterocycles. The predicted molar refractivity (Wildman–Crippen MR) is 81.7 cm³/mol. The van der Waals surface area contributed by atoms with E-state index >= 15 is 0 Å². The smallest absolute Gasteiger partial charge is 0.111 e. The van der Waals surface area contributed by atoms with Crippen LogP contribution in [0, 0.1) is 0 Å². The van der Waals surface area contributed by atoms with Gasteiger partial charge in [-0.3, -0.25) is 0 Å². The van der Waals surface area contributed by atoms with Gasteiger partial charge in [0.1, 0.15) is 24.4 Å². The summed E-state index contributed by atoms with van der Waals surface area (Å²) in [6.45, 7) is 1.47. The molecule has 2 saturated heterocycles. The molecule has 0 aliphatic carbocycles. The number of rotatable bonds is 5. The van der Waals surface area contributed by atoms with Gasteiger partial charge in [-0.05, 0) is 32.6 Å². The van der Waals surface area contributed by atoms with E-state index in [1.165, 1.54) is 0 Å². The quantitative estimate of drug-likeness (QED) is 0.414. The summed E-state index contributed by atoms with van der Waals surface area (Å²) >= 11 is 0. The van der Waals surface area contributed by atoms with E-state index in [0.29, 0.717) is 19.3 Å². The van der Waals surface area contributed by atoms with Crippen molar-refractivity contribution in [2.45, 2.75) is 81.4 Å². The normalized spacial score (nSPS) is 45.5. The Balaban J connectivity index is 1.76. The number of aliphatic hydroxyl groups is 5. The lowest BCUT2D eigenvalue weighted by Gasteiger charge is -2.39. The summed E-state index contributed by atoms with van der Waals surface area (Å²) in [7, 11) is 0. The molecule has 0 radical (unpaired) electrons. The Hall–Kier alpha value is -0.540. The molecule has 8 atom stereocenters. The third kappa shape index (κ3) is 4.73. The van der Waals surface area contributed by atoms with Crippen molar-refractivity contribution in [3.8, 4) is 0 Å². The highest BCUT2D eigenvalue weighted by atomic mass is 16.5. The summed E-state index contributed by atoms with van der Waals surface area (Å²) in [6.07, 6.45) is 0.503. The lowest BCUT2D eigenvalue weighted by Crippen LogP contribution is -2.56. The molecule has 2 rings (SSSR count). The first-order chi connectivity index (χ1) is 10.9. The van der Waals surface area contributed by atoms with Gasteiger partial charge in [0.15, 0.2) is 0 Å². The molecule has 0 unspecified atom stereocenters. The first kappa shape index (κ1) is 18.8. The van der Waals surface area contributed by atoms with Crippen molar-refractivity contribution in [1.29, 1.82) is 0 Å². The molecule has 2 aliphatic heterocycles. The summed E-state index contributed by atoms with van der Waals surface area (Å²) in [5, 5.41) is 48.1. The van der Waals surface area contributed by atoms with E-state index in [0.717, 1.165) is 6.42 Å². The minimum atomic E-state index is -1.20. The van der Waals surface area contributed by atoms with Crippen molar-refractivity contribution < 1.29 is 35.0 Å². The van der Waals surface area contributed by atoms with Crippen LogP contribution >= 0.6 is 0 Å². The fraction of sp³-hybridized carbons (Fsp3) is 0.875. The fourth-order valence-corrected chi connectivity index (χ4v) is 3.10. The Morgan fingerprint density at radius 1 is 0.870 bits per heavy atom. The van der Waals surface area contributed by atoms with Crippen molar-refractivity contribution in [1.82, 2.24) is 0 Å². The molecule has 2 heterocycles. The summed E-state index contributed by atoms with van der Waals surface area (Å²) < 4.78 is 11.1. The van der Waals surface area contributed by atoms with E-state index in [9.17, 15) is 20.4 Å². The van der Waals surface area contributed by atoms with Crippen molar-refractivity contribution in [2.75, 3.05) is 6.61 Å². The minimum Gasteiger partial charge on any atom is -0.394 e. The maximum Gasteiger partial charge on any atom is 0.111 e. The number of ether oxygens (including phenoxy) is 2. The first-order valence-electron chi connectivity index (χ1n) is 8.23. The Morgan fingerprint density at radius 2 is 1.57 bits per heavy atom. The molecule has 0 aromatic carbocycles. The topological polar surface area (TPSA) is 120 Å². The van der Waals surface area contributed by atoms with Gasteiger partial charge in [-0.2, -0.15) is 0 Å². The van der Waals surface area contributed by atoms with Crippen LogP contribution in [0.25, 0.3) is 0 Å². The van der Waals surface area contributed by atoms with Gasteiger partial charge in [-0.15, -0.1) is 0 Å². The summed E-state index contributed by atoms with van der Waals surface area (Å²) in [5.74, 6) is 0. The molecule has 0 saturated carbocycles. The highest BCUT2D eigenvalue weighted by Crippen LogP contribution is 2.24. The third-order valence-electron chi connectivity index (χ3n) is 4.65. The Morgan fingerprint density at radius 3 is 2.26 bits per heavy atom. The molecule has 0 aromatic rings. The van der Waals surface area contributed by atoms with Gasteiger partial charge < -0.3 is 35.0 Å². The van der Waals surface area contributed by atoms with Crippen molar-refractivity contribution in [3.63, 3.8) is 0 Å². The van der Waals surface area contributed by atoms with Gasteiger partial charge in [0.2, 0.25) is 0 Å². The molecule has 0 amide bonds. The zero-order chi connectivity index (χ0) is 17.0. The van der Waals surface area contributed by atoms with Crippen LogP contribution in [0.2, 0.25) is 0 Å². The van der Waals surface area contributed by atoms with E-state index in [-0.39, 0.29) is 12.7 Å². The fourth-order valence-electron chi connectivity index (χ4n) is 3.10. The predicted octanol–water partition coefficient (Wildman–Crippen LogP) is -0.906. The summed E-state index contributed by atoms with van der Waals surface area (Å²) in [6, 6.07) is 0. The first-order valence-corrected chi connectivity index (χ1v) is 8.23. The van der Waals surface area contributed by atoms with Gasteiger partial charge >= 0.3 is 0 Å². The van der Waals surface area contributed by atoms with Gasteiger partial charge in [-0.1, -0.05) is 12.2 Å². The zero-order valence-electron chi connectivity index (χ0n) is 13.4. The largest absolute Gasteiger partial charge is 0.394 e. The molecule has 5 N–H and O–H groups in total. The standard InChI is InChI=1S/C16H28O7/c1-9-14(19)16(21)15(20)12(22-9)5-3-2-4-10-6-7-11(18)13(8-17)23-10/h2-3,9-21H,4-8H2,1H3/b3-2-/t9-,10-,11-,12-,13+,14+,15+,16+/m0/s1. The summed E-state index contributed by atoms with van der Waals surface area (Å²) in [5.41, 5.74) is 0. The molecular weight excluding hydrogens is 304 g/mol.